The number of benzene rings is 3. The van der Waals surface area contributed by atoms with Gasteiger partial charge in [-0.05, 0) is 29.3 Å². The summed E-state index contributed by atoms with van der Waals surface area (Å²) in [5, 5.41) is 3.97. The van der Waals surface area contributed by atoms with E-state index in [0.29, 0.717) is 23.6 Å². The summed E-state index contributed by atoms with van der Waals surface area (Å²) in [5.74, 6) is 0.556. The van der Waals surface area contributed by atoms with Gasteiger partial charge in [0.1, 0.15) is 23.6 Å². The Balaban J connectivity index is 1.65. The highest BCUT2D eigenvalue weighted by Crippen LogP contribution is 2.42. The van der Waals surface area contributed by atoms with Crippen molar-refractivity contribution in [1.82, 2.24) is 9.88 Å². The summed E-state index contributed by atoms with van der Waals surface area (Å²) in [6.45, 7) is 0. The Kier molecular flexibility index (Phi) is 6.25. The molecule has 1 aromatic heterocycles. The van der Waals surface area contributed by atoms with Crippen molar-refractivity contribution in [3.63, 3.8) is 0 Å². The molecule has 0 saturated heterocycles. The van der Waals surface area contributed by atoms with Crippen molar-refractivity contribution in [2.75, 3.05) is 26.6 Å². The summed E-state index contributed by atoms with van der Waals surface area (Å²) < 4.78 is 15.9. The van der Waals surface area contributed by atoms with Crippen molar-refractivity contribution >= 4 is 28.6 Å². The maximum absolute atomic E-state index is 13.9. The van der Waals surface area contributed by atoms with Gasteiger partial charge in [0.2, 0.25) is 0 Å². The number of aromatic amines is 1. The highest BCUT2D eigenvalue weighted by Gasteiger charge is 2.44. The Morgan fingerprint density at radius 1 is 0.944 bits per heavy atom. The topological polar surface area (TPSA) is 92.9 Å². The number of hydrogen-bond acceptors (Lipinski definition) is 5. The van der Waals surface area contributed by atoms with Crippen molar-refractivity contribution in [1.29, 1.82) is 0 Å². The first-order chi connectivity index (χ1) is 17.5. The number of nitrogens with one attached hydrogen (secondary N) is 2. The Morgan fingerprint density at radius 2 is 1.69 bits per heavy atom. The number of fused-ring (bicyclic) bond motifs is 3. The summed E-state index contributed by atoms with van der Waals surface area (Å²) in [7, 11) is 4.42. The zero-order valence-corrected chi connectivity index (χ0v) is 20.3. The number of ether oxygens (including phenoxy) is 3. The number of carbonyl (C=O) groups excluding carboxylic acids is 2. The number of para-hydroxylation sites is 1. The summed E-state index contributed by atoms with van der Waals surface area (Å²) in [6, 6.07) is 20.9. The van der Waals surface area contributed by atoms with E-state index >= 15 is 0 Å². The molecule has 5 rings (SSSR count). The quantitative estimate of drug-likeness (QED) is 0.392. The van der Waals surface area contributed by atoms with Crippen LogP contribution in [0, 0.1) is 0 Å². The van der Waals surface area contributed by atoms with Crippen LogP contribution in [-0.2, 0) is 16.0 Å². The molecule has 0 spiro atoms. The second-order valence-corrected chi connectivity index (χ2v) is 8.52. The van der Waals surface area contributed by atoms with Gasteiger partial charge in [-0.25, -0.2) is 9.59 Å². The van der Waals surface area contributed by atoms with Gasteiger partial charge in [0.05, 0.1) is 27.0 Å². The number of carbonyl (C=O) groups is 2. The number of hydrogen-bond donors (Lipinski definition) is 2. The molecule has 2 unspecified atom stereocenters. The number of nitrogens with zero attached hydrogens (tertiary/aromatic N) is 1. The number of H-pyrrole nitrogens is 1. The van der Waals surface area contributed by atoms with Crippen molar-refractivity contribution in [2.45, 2.75) is 18.5 Å². The van der Waals surface area contributed by atoms with E-state index in [-0.39, 0.29) is 0 Å². The molecule has 1 aliphatic heterocycles. The lowest BCUT2D eigenvalue weighted by molar-refractivity contribution is -0.146. The third-order valence-corrected chi connectivity index (χ3v) is 6.60. The van der Waals surface area contributed by atoms with Gasteiger partial charge in [-0.15, -0.1) is 0 Å². The van der Waals surface area contributed by atoms with Crippen LogP contribution >= 0.6 is 0 Å². The van der Waals surface area contributed by atoms with Crippen LogP contribution in [-0.4, -0.2) is 49.3 Å². The molecule has 0 radical (unpaired) electrons. The maximum Gasteiger partial charge on any atom is 0.329 e. The number of rotatable bonds is 5. The van der Waals surface area contributed by atoms with Gasteiger partial charge in [-0.1, -0.05) is 48.5 Å². The molecule has 2 atom stereocenters. The number of urea groups is 1. The molecule has 3 aromatic carbocycles. The molecule has 8 nitrogen and oxygen atoms in total. The molecule has 1 aliphatic rings. The minimum absolute atomic E-state index is 0.322. The Bertz CT molecular complexity index is 1420. The number of amides is 2. The predicted molar refractivity (Wildman–Crippen MR) is 136 cm³/mol. The van der Waals surface area contributed by atoms with Crippen LogP contribution < -0.4 is 14.8 Å². The van der Waals surface area contributed by atoms with Gasteiger partial charge in [-0.3, -0.25) is 4.90 Å². The van der Waals surface area contributed by atoms with E-state index in [4.69, 9.17) is 14.2 Å². The Hall–Kier alpha value is -4.46. The fourth-order valence-electron chi connectivity index (χ4n) is 4.92. The lowest BCUT2D eigenvalue weighted by Gasteiger charge is -2.40. The van der Waals surface area contributed by atoms with Gasteiger partial charge in [-0.2, -0.15) is 0 Å². The average molecular weight is 486 g/mol. The highest BCUT2D eigenvalue weighted by atomic mass is 16.5. The van der Waals surface area contributed by atoms with Crippen LogP contribution in [0.1, 0.15) is 22.9 Å². The van der Waals surface area contributed by atoms with Crippen LogP contribution in [0.15, 0.2) is 72.8 Å². The maximum atomic E-state index is 13.9. The van der Waals surface area contributed by atoms with Gasteiger partial charge in [0.15, 0.2) is 0 Å². The first kappa shape index (κ1) is 23.3. The molecule has 0 aliphatic carbocycles. The summed E-state index contributed by atoms with van der Waals surface area (Å²) >= 11 is 0. The highest BCUT2D eigenvalue weighted by molar-refractivity contribution is 5.96. The van der Waals surface area contributed by atoms with Gasteiger partial charge >= 0.3 is 12.0 Å². The second kappa shape index (κ2) is 9.65. The third kappa shape index (κ3) is 4.00. The van der Waals surface area contributed by atoms with E-state index in [0.717, 1.165) is 27.7 Å². The van der Waals surface area contributed by atoms with Crippen LogP contribution in [0.2, 0.25) is 0 Å². The van der Waals surface area contributed by atoms with Gasteiger partial charge in [0, 0.05) is 29.1 Å². The average Bonchev–Trinajstić information content (AvgIpc) is 3.30. The van der Waals surface area contributed by atoms with Crippen LogP contribution in [0.4, 0.5) is 10.5 Å². The molecular weight excluding hydrogens is 458 g/mol. The second-order valence-electron chi connectivity index (χ2n) is 8.52. The normalized spacial score (nSPS) is 16.8. The van der Waals surface area contributed by atoms with Gasteiger partial charge in [0.25, 0.3) is 0 Å². The molecule has 0 fully saturated rings. The minimum Gasteiger partial charge on any atom is -0.497 e. The molecule has 8 heteroatoms. The Morgan fingerprint density at radius 3 is 2.42 bits per heavy atom. The van der Waals surface area contributed by atoms with E-state index < -0.39 is 24.1 Å². The predicted octanol–water partition coefficient (Wildman–Crippen LogP) is 4.91. The van der Waals surface area contributed by atoms with Crippen LogP contribution in [0.25, 0.3) is 10.9 Å². The number of esters is 1. The lowest BCUT2D eigenvalue weighted by Crippen LogP contribution is -2.53. The van der Waals surface area contributed by atoms with E-state index in [1.165, 1.54) is 14.2 Å². The van der Waals surface area contributed by atoms with E-state index in [2.05, 4.69) is 10.3 Å². The molecule has 184 valence electrons. The van der Waals surface area contributed by atoms with E-state index in [9.17, 15) is 9.59 Å². The van der Waals surface area contributed by atoms with Crippen molar-refractivity contribution in [2.24, 2.45) is 0 Å². The summed E-state index contributed by atoms with van der Waals surface area (Å²) in [5.41, 5.74) is 4.16. The van der Waals surface area contributed by atoms with Crippen LogP contribution in [0.3, 0.4) is 0 Å². The van der Waals surface area contributed by atoms with Gasteiger partial charge < -0.3 is 24.5 Å². The minimum atomic E-state index is -0.837. The smallest absolute Gasteiger partial charge is 0.329 e. The summed E-state index contributed by atoms with van der Waals surface area (Å²) in [6.07, 6.45) is 0.322. The molecule has 0 saturated carbocycles. The molecule has 36 heavy (non-hydrogen) atoms. The number of methoxy groups -OCH3 is 3. The van der Waals surface area contributed by atoms with E-state index in [1.807, 2.05) is 54.6 Å². The lowest BCUT2D eigenvalue weighted by atomic mass is 9.88. The fourth-order valence-corrected chi connectivity index (χ4v) is 4.92. The summed E-state index contributed by atoms with van der Waals surface area (Å²) in [4.78, 5) is 32.1. The first-order valence-electron chi connectivity index (χ1n) is 11.6. The molecule has 2 heterocycles. The van der Waals surface area contributed by atoms with E-state index in [1.54, 1.807) is 30.2 Å². The molecule has 4 aromatic rings. The van der Waals surface area contributed by atoms with Crippen molar-refractivity contribution in [3.8, 4) is 11.5 Å². The largest absolute Gasteiger partial charge is 0.497 e. The zero-order valence-electron chi connectivity index (χ0n) is 20.3. The first-order valence-corrected chi connectivity index (χ1v) is 11.6. The fraction of sp³-hybridized carbons (Fsp3) is 0.214. The molecule has 2 N–H and O–H groups in total. The number of aromatic nitrogens is 1. The van der Waals surface area contributed by atoms with Crippen molar-refractivity contribution in [3.05, 3.63) is 89.6 Å². The third-order valence-electron chi connectivity index (χ3n) is 6.60. The standard InChI is InChI=1S/C28H27N3O5/c1-34-18-13-14-22(24(15-18)35-2)30-28(33)31-23(27(32)36-3)16-20-19-11-7-8-12-21(19)29-25(20)26(31)17-9-5-4-6-10-17/h4-15,23,26,29H,16H2,1-3H3,(H,30,33). The zero-order chi connectivity index (χ0) is 25.2. The Labute approximate surface area is 208 Å². The monoisotopic (exact) mass is 485 g/mol. The number of anilines is 1. The molecule has 2 amide bonds. The molecular formula is C28H27N3O5. The van der Waals surface area contributed by atoms with Crippen molar-refractivity contribution < 1.29 is 23.8 Å². The SMILES string of the molecule is COC(=O)C1Cc2c([nH]c3ccccc23)C(c2ccccc2)N1C(=O)Nc1ccc(OC)cc1OC. The van der Waals surface area contributed by atoms with Crippen LogP contribution in [0.5, 0.6) is 11.5 Å². The molecule has 0 bridgehead atoms.